The van der Waals surface area contributed by atoms with Crippen LogP contribution in [0.4, 0.5) is 5.69 Å². The normalized spacial score (nSPS) is 17.9. The first-order valence-electron chi connectivity index (χ1n) is 5.08. The van der Waals surface area contributed by atoms with Crippen molar-refractivity contribution in [3.05, 3.63) is 29.8 Å². The number of nitrogens with zero attached hydrogens (tertiary/aromatic N) is 1. The molecular weight excluding hydrogens is 174 g/mol. The monoisotopic (exact) mass is 191 g/mol. The average molecular weight is 191 g/mol. The van der Waals surface area contributed by atoms with Crippen molar-refractivity contribution in [3.8, 4) is 0 Å². The van der Waals surface area contributed by atoms with Crippen molar-refractivity contribution >= 4 is 5.69 Å². The minimum atomic E-state index is -0.384. The van der Waals surface area contributed by atoms with Gasteiger partial charge in [0.2, 0.25) is 0 Å². The molecule has 1 saturated carbocycles. The van der Waals surface area contributed by atoms with Crippen LogP contribution in [0.5, 0.6) is 0 Å². The molecule has 1 aromatic carbocycles. The Morgan fingerprint density at radius 2 is 2.07 bits per heavy atom. The molecule has 1 aliphatic carbocycles. The molecule has 76 valence electrons. The van der Waals surface area contributed by atoms with Crippen LogP contribution in [-0.2, 0) is 6.42 Å². The first-order valence-corrected chi connectivity index (χ1v) is 5.08. The van der Waals surface area contributed by atoms with Crippen molar-refractivity contribution in [2.75, 3.05) is 19.0 Å². The third-order valence-electron chi connectivity index (χ3n) is 2.79. The predicted octanol–water partition coefficient (Wildman–Crippen LogP) is 1.82. The number of hydrogen-bond acceptors (Lipinski definition) is 2. The zero-order chi connectivity index (χ0) is 10.2. The fraction of sp³-hybridized carbons (Fsp3) is 0.500. The molecule has 0 heterocycles. The first-order chi connectivity index (χ1) is 6.59. The van der Waals surface area contributed by atoms with Gasteiger partial charge >= 0.3 is 0 Å². The van der Waals surface area contributed by atoms with Crippen LogP contribution in [0.25, 0.3) is 0 Å². The molecule has 0 aliphatic heterocycles. The largest absolute Gasteiger partial charge is 0.390 e. The van der Waals surface area contributed by atoms with Crippen LogP contribution in [0.3, 0.4) is 0 Å². The molecule has 1 aliphatic rings. The molecular formula is C12H17NO. The van der Waals surface area contributed by atoms with Crippen LogP contribution >= 0.6 is 0 Å². The molecule has 0 aromatic heterocycles. The molecule has 2 heteroatoms. The lowest BCUT2D eigenvalue weighted by Crippen LogP contribution is -2.12. The number of benzene rings is 1. The summed E-state index contributed by atoms with van der Waals surface area (Å²) in [5.41, 5.74) is 2.05. The van der Waals surface area contributed by atoms with Gasteiger partial charge in [0.05, 0.1) is 5.60 Å². The summed E-state index contributed by atoms with van der Waals surface area (Å²) in [6, 6.07) is 8.37. The Kier molecular flexibility index (Phi) is 2.23. The van der Waals surface area contributed by atoms with Gasteiger partial charge in [-0.1, -0.05) is 12.1 Å². The van der Waals surface area contributed by atoms with Gasteiger partial charge < -0.3 is 10.0 Å². The van der Waals surface area contributed by atoms with Gasteiger partial charge in [-0.05, 0) is 30.5 Å². The van der Waals surface area contributed by atoms with E-state index in [4.69, 9.17) is 0 Å². The third-order valence-corrected chi connectivity index (χ3v) is 2.79. The molecule has 2 rings (SSSR count). The standard InChI is InChI=1S/C12H17NO/c1-13(2)11-5-3-4-10(8-11)9-12(14)6-7-12/h3-5,8,14H,6-7,9H2,1-2H3. The molecule has 1 fully saturated rings. The molecule has 0 atom stereocenters. The zero-order valence-corrected chi connectivity index (χ0v) is 8.83. The summed E-state index contributed by atoms with van der Waals surface area (Å²) in [4.78, 5) is 2.08. The number of anilines is 1. The highest BCUT2D eigenvalue weighted by molar-refractivity contribution is 5.47. The van der Waals surface area contributed by atoms with E-state index in [0.29, 0.717) is 0 Å². The van der Waals surface area contributed by atoms with E-state index >= 15 is 0 Å². The Labute approximate surface area is 85.2 Å². The lowest BCUT2D eigenvalue weighted by molar-refractivity contribution is 0.151. The van der Waals surface area contributed by atoms with Crippen molar-refractivity contribution in [2.45, 2.75) is 24.9 Å². The second-order valence-corrected chi connectivity index (χ2v) is 4.47. The Bertz CT molecular complexity index is 329. The Hall–Kier alpha value is -1.02. The Morgan fingerprint density at radius 1 is 1.36 bits per heavy atom. The third kappa shape index (κ3) is 2.07. The fourth-order valence-electron chi connectivity index (χ4n) is 1.65. The highest BCUT2D eigenvalue weighted by Gasteiger charge is 2.40. The average Bonchev–Trinajstić information content (AvgIpc) is 2.83. The highest BCUT2D eigenvalue weighted by atomic mass is 16.3. The lowest BCUT2D eigenvalue weighted by Gasteiger charge is -2.14. The Morgan fingerprint density at radius 3 is 2.64 bits per heavy atom. The van der Waals surface area contributed by atoms with E-state index in [0.717, 1.165) is 19.3 Å². The first kappa shape index (κ1) is 9.53. The van der Waals surface area contributed by atoms with Crippen molar-refractivity contribution in [2.24, 2.45) is 0 Å². The molecule has 1 aromatic rings. The van der Waals surface area contributed by atoms with E-state index in [2.05, 4.69) is 29.2 Å². The van der Waals surface area contributed by atoms with Crippen LogP contribution in [0, 0.1) is 0 Å². The van der Waals surface area contributed by atoms with E-state index in [1.165, 1.54) is 11.3 Å². The number of hydrogen-bond donors (Lipinski definition) is 1. The topological polar surface area (TPSA) is 23.5 Å². The summed E-state index contributed by atoms with van der Waals surface area (Å²) in [5, 5.41) is 9.80. The van der Waals surface area contributed by atoms with Crippen LogP contribution < -0.4 is 4.90 Å². The summed E-state index contributed by atoms with van der Waals surface area (Å²) in [6.07, 6.45) is 2.72. The molecule has 0 radical (unpaired) electrons. The maximum Gasteiger partial charge on any atom is 0.0690 e. The van der Waals surface area contributed by atoms with Gasteiger partial charge in [0.25, 0.3) is 0 Å². The summed E-state index contributed by atoms with van der Waals surface area (Å²) in [7, 11) is 4.07. The smallest absolute Gasteiger partial charge is 0.0690 e. The minimum absolute atomic E-state index is 0.384. The van der Waals surface area contributed by atoms with Crippen molar-refractivity contribution in [1.29, 1.82) is 0 Å². The summed E-state index contributed by atoms with van der Waals surface area (Å²) in [5.74, 6) is 0. The second kappa shape index (κ2) is 3.28. The second-order valence-electron chi connectivity index (χ2n) is 4.47. The quantitative estimate of drug-likeness (QED) is 0.787. The van der Waals surface area contributed by atoms with Gasteiger partial charge in [-0.3, -0.25) is 0 Å². The van der Waals surface area contributed by atoms with Gasteiger partial charge in [-0.15, -0.1) is 0 Å². The number of aliphatic hydroxyl groups is 1. The van der Waals surface area contributed by atoms with Crippen LogP contribution in [-0.4, -0.2) is 24.8 Å². The van der Waals surface area contributed by atoms with Crippen LogP contribution in [0.2, 0.25) is 0 Å². The summed E-state index contributed by atoms with van der Waals surface area (Å²) < 4.78 is 0. The van der Waals surface area contributed by atoms with Gasteiger partial charge in [-0.25, -0.2) is 0 Å². The van der Waals surface area contributed by atoms with Gasteiger partial charge in [0, 0.05) is 26.2 Å². The lowest BCUT2D eigenvalue weighted by atomic mass is 10.1. The SMILES string of the molecule is CN(C)c1cccc(CC2(O)CC2)c1. The van der Waals surface area contributed by atoms with Crippen LogP contribution in [0.1, 0.15) is 18.4 Å². The van der Waals surface area contributed by atoms with E-state index in [9.17, 15) is 5.11 Å². The zero-order valence-electron chi connectivity index (χ0n) is 8.83. The number of rotatable bonds is 3. The molecule has 0 saturated heterocycles. The van der Waals surface area contributed by atoms with E-state index in [1.807, 2.05) is 14.1 Å². The predicted molar refractivity (Wildman–Crippen MR) is 58.7 cm³/mol. The molecule has 14 heavy (non-hydrogen) atoms. The fourth-order valence-corrected chi connectivity index (χ4v) is 1.65. The van der Waals surface area contributed by atoms with Crippen molar-refractivity contribution < 1.29 is 5.11 Å². The minimum Gasteiger partial charge on any atom is -0.390 e. The van der Waals surface area contributed by atoms with E-state index < -0.39 is 0 Å². The summed E-state index contributed by atoms with van der Waals surface area (Å²) in [6.45, 7) is 0. The Balaban J connectivity index is 2.13. The van der Waals surface area contributed by atoms with Crippen molar-refractivity contribution in [3.63, 3.8) is 0 Å². The van der Waals surface area contributed by atoms with Crippen molar-refractivity contribution in [1.82, 2.24) is 0 Å². The molecule has 2 nitrogen and oxygen atoms in total. The molecule has 0 amide bonds. The molecule has 0 unspecified atom stereocenters. The molecule has 0 bridgehead atoms. The van der Waals surface area contributed by atoms with Gasteiger partial charge in [0.15, 0.2) is 0 Å². The summed E-state index contributed by atoms with van der Waals surface area (Å²) >= 11 is 0. The van der Waals surface area contributed by atoms with Gasteiger partial charge in [0.1, 0.15) is 0 Å². The van der Waals surface area contributed by atoms with Crippen LogP contribution in [0.15, 0.2) is 24.3 Å². The maximum atomic E-state index is 9.80. The van der Waals surface area contributed by atoms with Gasteiger partial charge in [-0.2, -0.15) is 0 Å². The molecule has 1 N–H and O–H groups in total. The maximum absolute atomic E-state index is 9.80. The van der Waals surface area contributed by atoms with E-state index in [1.54, 1.807) is 0 Å². The van der Waals surface area contributed by atoms with E-state index in [-0.39, 0.29) is 5.60 Å². The molecule has 0 spiro atoms. The highest BCUT2D eigenvalue weighted by Crippen LogP contribution is 2.38.